The molecule has 1 atom stereocenters. The van der Waals surface area contributed by atoms with Crippen LogP contribution in [0.25, 0.3) is 0 Å². The molecule has 1 aliphatic heterocycles. The van der Waals surface area contributed by atoms with E-state index in [1.807, 2.05) is 0 Å². The van der Waals surface area contributed by atoms with Gasteiger partial charge in [0.1, 0.15) is 0 Å². The Labute approximate surface area is 82.9 Å². The Morgan fingerprint density at radius 1 is 1.57 bits per heavy atom. The zero-order valence-corrected chi connectivity index (χ0v) is 8.32. The molecule has 1 N–H and O–H groups in total. The van der Waals surface area contributed by atoms with E-state index in [0.29, 0.717) is 6.54 Å². The molecule has 0 bridgehead atoms. The first kappa shape index (κ1) is 9.49. The normalized spacial score (nSPS) is 30.2. The number of hydrogen-bond acceptors (Lipinski definition) is 2. The number of aliphatic carboxylic acids is 1. The van der Waals surface area contributed by atoms with Crippen molar-refractivity contribution >= 4 is 11.9 Å². The fraction of sp³-hybridized carbons (Fsp3) is 0.800. The van der Waals surface area contributed by atoms with Crippen molar-refractivity contribution in [3.63, 3.8) is 0 Å². The predicted molar refractivity (Wildman–Crippen MR) is 49.7 cm³/mol. The summed E-state index contributed by atoms with van der Waals surface area (Å²) in [4.78, 5) is 24.1. The number of carbonyl (C=O) groups excluding carboxylic acids is 1. The Bertz CT molecular complexity index is 283. The summed E-state index contributed by atoms with van der Waals surface area (Å²) < 4.78 is 0. The highest BCUT2D eigenvalue weighted by Gasteiger charge is 2.46. The van der Waals surface area contributed by atoms with E-state index in [1.165, 1.54) is 0 Å². The molecule has 0 aromatic rings. The van der Waals surface area contributed by atoms with Gasteiger partial charge >= 0.3 is 5.97 Å². The Kier molecular flexibility index (Phi) is 2.01. The van der Waals surface area contributed by atoms with Gasteiger partial charge in [0, 0.05) is 18.5 Å². The first-order valence-corrected chi connectivity index (χ1v) is 5.06. The molecule has 0 aromatic carbocycles. The number of hydrogen-bond donors (Lipinski definition) is 1. The second kappa shape index (κ2) is 2.97. The zero-order chi connectivity index (χ0) is 10.3. The number of nitrogens with zero attached hydrogens (tertiary/aromatic N) is 1. The molecule has 2 aliphatic rings. The summed E-state index contributed by atoms with van der Waals surface area (Å²) >= 11 is 0. The minimum atomic E-state index is -0.844. The van der Waals surface area contributed by atoms with Crippen molar-refractivity contribution in [3.8, 4) is 0 Å². The molecule has 4 nitrogen and oxygen atoms in total. The van der Waals surface area contributed by atoms with Gasteiger partial charge in [-0.3, -0.25) is 9.59 Å². The number of amides is 1. The van der Waals surface area contributed by atoms with Crippen LogP contribution in [0.4, 0.5) is 0 Å². The lowest BCUT2D eigenvalue weighted by Gasteiger charge is -2.46. The highest BCUT2D eigenvalue weighted by molar-refractivity contribution is 5.86. The highest BCUT2D eigenvalue weighted by atomic mass is 16.4. The van der Waals surface area contributed by atoms with E-state index in [0.717, 1.165) is 19.3 Å². The summed E-state index contributed by atoms with van der Waals surface area (Å²) in [7, 11) is 0. The average Bonchev–Trinajstić information content (AvgIpc) is 2.43. The van der Waals surface area contributed by atoms with Crippen molar-refractivity contribution in [1.82, 2.24) is 4.90 Å². The molecular formula is C10H15NO3. The van der Waals surface area contributed by atoms with Crippen LogP contribution in [-0.2, 0) is 9.59 Å². The Hall–Kier alpha value is -1.06. The molecule has 0 radical (unpaired) electrons. The second-order valence-corrected chi connectivity index (χ2v) is 4.59. The van der Waals surface area contributed by atoms with Gasteiger partial charge in [0.2, 0.25) is 5.91 Å². The molecule has 1 unspecified atom stereocenters. The summed E-state index contributed by atoms with van der Waals surface area (Å²) in [6.07, 6.45) is 3.37. The van der Waals surface area contributed by atoms with Crippen LogP contribution < -0.4 is 0 Å². The second-order valence-electron chi connectivity index (χ2n) is 4.59. The van der Waals surface area contributed by atoms with E-state index in [4.69, 9.17) is 5.11 Å². The van der Waals surface area contributed by atoms with Crippen LogP contribution in [-0.4, -0.2) is 34.0 Å². The van der Waals surface area contributed by atoms with Crippen molar-refractivity contribution in [1.29, 1.82) is 0 Å². The predicted octanol–water partition coefficient (Wildman–Crippen LogP) is 0.862. The number of rotatable bonds is 2. The fourth-order valence-corrected chi connectivity index (χ4v) is 2.35. The van der Waals surface area contributed by atoms with E-state index in [9.17, 15) is 9.59 Å². The van der Waals surface area contributed by atoms with E-state index in [1.54, 1.807) is 4.90 Å². The molecule has 2 fully saturated rings. The fourth-order valence-electron chi connectivity index (χ4n) is 2.35. The minimum Gasteiger partial charge on any atom is -0.481 e. The van der Waals surface area contributed by atoms with E-state index in [-0.39, 0.29) is 17.9 Å². The van der Waals surface area contributed by atoms with Gasteiger partial charge in [-0.15, -0.1) is 0 Å². The molecule has 4 heteroatoms. The maximum atomic E-state index is 11.6. The molecule has 0 spiro atoms. The van der Waals surface area contributed by atoms with Gasteiger partial charge in [0.15, 0.2) is 0 Å². The van der Waals surface area contributed by atoms with Crippen LogP contribution >= 0.6 is 0 Å². The standard InChI is InChI=1S/C10H15NO3/c1-10(3-2-4-10)11-6-7(9(13)14)5-8(11)12/h7H,2-6H2,1H3,(H,13,14). The van der Waals surface area contributed by atoms with Gasteiger partial charge in [0.05, 0.1) is 5.92 Å². The van der Waals surface area contributed by atoms with Crippen LogP contribution in [0.1, 0.15) is 32.6 Å². The lowest BCUT2D eigenvalue weighted by atomic mass is 9.77. The average molecular weight is 197 g/mol. The van der Waals surface area contributed by atoms with E-state index in [2.05, 4.69) is 6.92 Å². The maximum Gasteiger partial charge on any atom is 0.308 e. The number of carboxylic acid groups (broad SMARTS) is 1. The van der Waals surface area contributed by atoms with Crippen molar-refractivity contribution in [3.05, 3.63) is 0 Å². The SMILES string of the molecule is CC1(N2CC(C(=O)O)CC2=O)CCC1. The zero-order valence-electron chi connectivity index (χ0n) is 8.32. The monoisotopic (exact) mass is 197 g/mol. The molecule has 1 saturated heterocycles. The van der Waals surface area contributed by atoms with Gasteiger partial charge in [-0.05, 0) is 26.2 Å². The molecule has 1 saturated carbocycles. The topological polar surface area (TPSA) is 57.6 Å². The Morgan fingerprint density at radius 3 is 2.57 bits per heavy atom. The smallest absolute Gasteiger partial charge is 0.308 e. The molecule has 2 rings (SSSR count). The summed E-state index contributed by atoms with van der Waals surface area (Å²) in [5, 5.41) is 8.83. The maximum absolute atomic E-state index is 11.6. The van der Waals surface area contributed by atoms with Gasteiger partial charge in [-0.1, -0.05) is 0 Å². The first-order chi connectivity index (χ1) is 6.53. The van der Waals surface area contributed by atoms with Gasteiger partial charge in [-0.25, -0.2) is 0 Å². The van der Waals surface area contributed by atoms with Crippen LogP contribution in [0, 0.1) is 5.92 Å². The van der Waals surface area contributed by atoms with Crippen LogP contribution in [0.5, 0.6) is 0 Å². The molecular weight excluding hydrogens is 182 g/mol. The summed E-state index contributed by atoms with van der Waals surface area (Å²) in [5.41, 5.74) is -0.0404. The largest absolute Gasteiger partial charge is 0.481 e. The molecule has 1 amide bonds. The minimum absolute atomic E-state index is 0.0135. The first-order valence-electron chi connectivity index (χ1n) is 5.06. The van der Waals surface area contributed by atoms with Gasteiger partial charge in [0.25, 0.3) is 0 Å². The van der Waals surface area contributed by atoms with Gasteiger partial charge < -0.3 is 10.0 Å². The highest BCUT2D eigenvalue weighted by Crippen LogP contribution is 2.40. The van der Waals surface area contributed by atoms with Crippen LogP contribution in [0.3, 0.4) is 0 Å². The number of likely N-dealkylation sites (tertiary alicyclic amines) is 1. The molecule has 1 aliphatic carbocycles. The molecule has 14 heavy (non-hydrogen) atoms. The Balaban J connectivity index is 2.08. The summed E-state index contributed by atoms with van der Waals surface area (Å²) in [6, 6.07) is 0. The summed E-state index contributed by atoms with van der Waals surface area (Å²) in [6.45, 7) is 2.46. The van der Waals surface area contributed by atoms with Crippen molar-refractivity contribution in [2.45, 2.75) is 38.1 Å². The number of carbonyl (C=O) groups is 2. The van der Waals surface area contributed by atoms with Crippen molar-refractivity contribution in [2.75, 3.05) is 6.54 Å². The van der Waals surface area contributed by atoms with Crippen molar-refractivity contribution < 1.29 is 14.7 Å². The third-order valence-electron chi connectivity index (χ3n) is 3.56. The lowest BCUT2D eigenvalue weighted by molar-refractivity contribution is -0.141. The third-order valence-corrected chi connectivity index (χ3v) is 3.56. The van der Waals surface area contributed by atoms with Crippen LogP contribution in [0.2, 0.25) is 0 Å². The lowest BCUT2D eigenvalue weighted by Crippen LogP contribution is -2.52. The molecule has 78 valence electrons. The Morgan fingerprint density at radius 2 is 2.21 bits per heavy atom. The van der Waals surface area contributed by atoms with Crippen LogP contribution in [0.15, 0.2) is 0 Å². The summed E-state index contributed by atoms with van der Waals surface area (Å²) in [5.74, 6) is -1.32. The van der Waals surface area contributed by atoms with Crippen molar-refractivity contribution in [2.24, 2.45) is 5.92 Å². The van der Waals surface area contributed by atoms with E-state index >= 15 is 0 Å². The number of carboxylic acids is 1. The third kappa shape index (κ3) is 1.29. The molecule has 1 heterocycles. The van der Waals surface area contributed by atoms with Gasteiger partial charge in [-0.2, -0.15) is 0 Å². The quantitative estimate of drug-likeness (QED) is 0.714. The molecule has 0 aromatic heterocycles. The van der Waals surface area contributed by atoms with E-state index < -0.39 is 11.9 Å².